The van der Waals surface area contributed by atoms with Crippen molar-refractivity contribution in [2.24, 2.45) is 5.41 Å². The van der Waals surface area contributed by atoms with Crippen molar-refractivity contribution in [3.8, 4) is 6.07 Å². The van der Waals surface area contributed by atoms with Gasteiger partial charge in [-0.15, -0.1) is 0 Å². The van der Waals surface area contributed by atoms with Crippen LogP contribution in [0.2, 0.25) is 0 Å². The monoisotopic (exact) mass is 462 g/mol. The van der Waals surface area contributed by atoms with E-state index in [1.807, 2.05) is 91.6 Å². The summed E-state index contributed by atoms with van der Waals surface area (Å²) in [6, 6.07) is 23.7. The summed E-state index contributed by atoms with van der Waals surface area (Å²) < 4.78 is 5.28. The van der Waals surface area contributed by atoms with Crippen LogP contribution in [0.3, 0.4) is 0 Å². The summed E-state index contributed by atoms with van der Waals surface area (Å²) in [4.78, 5) is 29.8. The summed E-state index contributed by atoms with van der Waals surface area (Å²) in [7, 11) is 1.30. The van der Waals surface area contributed by atoms with E-state index in [2.05, 4.69) is 6.07 Å². The number of nitriles is 1. The molecular formula is C30H26N2O3. The van der Waals surface area contributed by atoms with Crippen molar-refractivity contribution in [2.45, 2.75) is 31.8 Å². The first-order valence-corrected chi connectivity index (χ1v) is 11.7. The van der Waals surface area contributed by atoms with Crippen molar-refractivity contribution >= 4 is 23.5 Å². The van der Waals surface area contributed by atoms with Crippen LogP contribution in [0.1, 0.15) is 38.5 Å². The Morgan fingerprint density at radius 1 is 1.00 bits per heavy atom. The van der Waals surface area contributed by atoms with Gasteiger partial charge >= 0.3 is 5.97 Å². The number of rotatable bonds is 4. The number of carbonyl (C=O) groups excluding carboxylic acids is 2. The Morgan fingerprint density at radius 3 is 2.40 bits per heavy atom. The Balaban J connectivity index is 1.84. The number of anilines is 1. The van der Waals surface area contributed by atoms with Gasteiger partial charge < -0.3 is 9.64 Å². The molecule has 5 nitrogen and oxygen atoms in total. The van der Waals surface area contributed by atoms with E-state index in [-0.39, 0.29) is 5.78 Å². The maximum Gasteiger partial charge on any atom is 0.329 e. The van der Waals surface area contributed by atoms with Crippen molar-refractivity contribution in [1.29, 1.82) is 5.26 Å². The molecule has 2 aliphatic heterocycles. The predicted molar refractivity (Wildman–Crippen MR) is 135 cm³/mol. The van der Waals surface area contributed by atoms with E-state index in [9.17, 15) is 14.9 Å². The molecule has 0 aliphatic carbocycles. The maximum absolute atomic E-state index is 14.3. The molecule has 0 unspecified atom stereocenters. The molecule has 5 rings (SSSR count). The molecule has 3 aromatic rings. The summed E-state index contributed by atoms with van der Waals surface area (Å²) in [6.45, 7) is 3.96. The van der Waals surface area contributed by atoms with Gasteiger partial charge in [-0.25, -0.2) is 0 Å². The average molecular weight is 463 g/mol. The molecule has 2 aliphatic rings. The molecule has 0 amide bonds. The molecule has 0 N–H and O–H groups in total. The molecule has 35 heavy (non-hydrogen) atoms. The van der Waals surface area contributed by atoms with Crippen LogP contribution in [0.25, 0.3) is 6.08 Å². The summed E-state index contributed by atoms with van der Waals surface area (Å²) >= 11 is 0. The lowest BCUT2D eigenvalue weighted by molar-refractivity contribution is -0.150. The number of Topliss-reactive ketones (excluding diaryl/α,β-unsaturated/α-hetero) is 1. The van der Waals surface area contributed by atoms with Crippen LogP contribution in [-0.2, 0) is 9.53 Å². The number of esters is 1. The number of ketones is 1. The Bertz CT molecular complexity index is 1390. The largest absolute Gasteiger partial charge is 0.468 e. The van der Waals surface area contributed by atoms with Crippen molar-refractivity contribution in [3.63, 3.8) is 0 Å². The lowest BCUT2D eigenvalue weighted by atomic mass is 9.67. The highest BCUT2D eigenvalue weighted by Crippen LogP contribution is 2.56. The number of fused-ring (bicyclic) bond motifs is 3. The van der Waals surface area contributed by atoms with Crippen molar-refractivity contribution in [3.05, 3.63) is 107 Å². The summed E-state index contributed by atoms with van der Waals surface area (Å²) in [6.07, 6.45) is 3.80. The van der Waals surface area contributed by atoms with Gasteiger partial charge in [-0.2, -0.15) is 5.26 Å². The molecule has 1 saturated heterocycles. The number of hydrogen-bond acceptors (Lipinski definition) is 5. The van der Waals surface area contributed by atoms with Crippen LogP contribution in [-0.4, -0.2) is 30.9 Å². The third-order valence-corrected chi connectivity index (χ3v) is 7.34. The third kappa shape index (κ3) is 3.29. The van der Waals surface area contributed by atoms with Gasteiger partial charge in [-0.1, -0.05) is 84.4 Å². The molecule has 4 atom stereocenters. The molecule has 2 heterocycles. The minimum atomic E-state index is -1.62. The number of carbonyl (C=O) groups is 2. The quantitative estimate of drug-likeness (QED) is 0.392. The minimum absolute atomic E-state index is 0.133. The Morgan fingerprint density at radius 2 is 1.71 bits per heavy atom. The SMILES string of the molecule is COC(=O)[C@@]1(C#N)[C@H](c2ccc(C)cc2C)[C@H](C(=O)c2ccccc2)N2c3ccccc3C=C[C@@H]21. The van der Waals surface area contributed by atoms with Crippen molar-refractivity contribution in [2.75, 3.05) is 12.0 Å². The zero-order valence-corrected chi connectivity index (χ0v) is 19.9. The first-order chi connectivity index (χ1) is 16.9. The second-order valence-electron chi connectivity index (χ2n) is 9.26. The van der Waals surface area contributed by atoms with Crippen LogP contribution in [0.15, 0.2) is 78.9 Å². The third-order valence-electron chi connectivity index (χ3n) is 7.34. The topological polar surface area (TPSA) is 70.4 Å². The first-order valence-electron chi connectivity index (χ1n) is 11.7. The first kappa shape index (κ1) is 22.6. The number of ether oxygens (including phenoxy) is 1. The van der Waals surface area contributed by atoms with Gasteiger partial charge in [-0.3, -0.25) is 9.59 Å². The van der Waals surface area contributed by atoms with Crippen molar-refractivity contribution in [1.82, 2.24) is 0 Å². The van der Waals surface area contributed by atoms with E-state index in [0.717, 1.165) is 27.9 Å². The number of nitrogens with zero attached hydrogens (tertiary/aromatic N) is 2. The van der Waals surface area contributed by atoms with Gasteiger partial charge in [0.05, 0.1) is 19.2 Å². The molecule has 3 aromatic carbocycles. The fourth-order valence-electron chi connectivity index (χ4n) is 5.83. The van der Waals surface area contributed by atoms with E-state index < -0.39 is 29.4 Å². The van der Waals surface area contributed by atoms with E-state index in [1.54, 1.807) is 12.1 Å². The zero-order valence-electron chi connectivity index (χ0n) is 19.9. The Hall–Kier alpha value is -4.17. The molecule has 174 valence electrons. The molecule has 0 saturated carbocycles. The lowest BCUT2D eigenvalue weighted by Crippen LogP contribution is -2.46. The minimum Gasteiger partial charge on any atom is -0.468 e. The summed E-state index contributed by atoms with van der Waals surface area (Å²) in [5.41, 5.74) is 3.49. The number of aryl methyl sites for hydroxylation is 2. The van der Waals surface area contributed by atoms with E-state index in [0.29, 0.717) is 5.56 Å². The highest BCUT2D eigenvalue weighted by atomic mass is 16.5. The van der Waals surface area contributed by atoms with Crippen LogP contribution in [0, 0.1) is 30.6 Å². The highest BCUT2D eigenvalue weighted by molar-refractivity contribution is 6.06. The maximum atomic E-state index is 14.3. The fourth-order valence-corrected chi connectivity index (χ4v) is 5.83. The van der Waals surface area contributed by atoms with Gasteiger partial charge in [0.25, 0.3) is 0 Å². The number of para-hydroxylation sites is 1. The number of hydrogen-bond donors (Lipinski definition) is 0. The molecule has 5 heteroatoms. The van der Waals surface area contributed by atoms with E-state index in [4.69, 9.17) is 4.74 Å². The summed E-state index contributed by atoms with van der Waals surface area (Å²) in [5.74, 6) is -1.51. The van der Waals surface area contributed by atoms with Crippen LogP contribution >= 0.6 is 0 Å². The average Bonchev–Trinajstić information content (AvgIpc) is 3.19. The molecule has 0 radical (unpaired) electrons. The number of methoxy groups -OCH3 is 1. The van der Waals surface area contributed by atoms with Crippen LogP contribution in [0.4, 0.5) is 5.69 Å². The molecule has 1 fully saturated rings. The Labute approximate surface area is 205 Å². The van der Waals surface area contributed by atoms with Crippen molar-refractivity contribution < 1.29 is 14.3 Å². The number of benzene rings is 3. The predicted octanol–water partition coefficient (Wildman–Crippen LogP) is 5.24. The second kappa shape index (κ2) is 8.56. The van der Waals surface area contributed by atoms with Gasteiger partial charge in [-0.05, 0) is 36.6 Å². The molecular weight excluding hydrogens is 436 g/mol. The molecule has 0 aromatic heterocycles. The normalized spacial score (nSPS) is 24.3. The standard InChI is InChI=1S/C30H26N2O3/c1-19-13-15-23(20(2)17-19)26-27(28(33)22-10-5-4-6-11-22)32-24-12-8-7-9-21(24)14-16-25(32)30(26,18-31)29(34)35-3/h4-17,25-27H,1-3H3/t25-,26-,27-,30-/m1/s1. The lowest BCUT2D eigenvalue weighted by Gasteiger charge is -2.36. The van der Waals surface area contributed by atoms with Gasteiger partial charge in [0, 0.05) is 17.2 Å². The van der Waals surface area contributed by atoms with Gasteiger partial charge in [0.2, 0.25) is 0 Å². The zero-order chi connectivity index (χ0) is 24.7. The fraction of sp³-hybridized carbons (Fsp3) is 0.233. The molecule has 0 spiro atoms. The van der Waals surface area contributed by atoms with Crippen LogP contribution in [0.5, 0.6) is 0 Å². The second-order valence-corrected chi connectivity index (χ2v) is 9.26. The van der Waals surface area contributed by atoms with E-state index >= 15 is 0 Å². The van der Waals surface area contributed by atoms with Crippen LogP contribution < -0.4 is 4.90 Å². The Kier molecular flexibility index (Phi) is 5.53. The highest BCUT2D eigenvalue weighted by Gasteiger charge is 2.67. The van der Waals surface area contributed by atoms with Gasteiger partial charge in [0.15, 0.2) is 11.2 Å². The summed E-state index contributed by atoms with van der Waals surface area (Å²) in [5, 5.41) is 10.7. The smallest absolute Gasteiger partial charge is 0.329 e. The van der Waals surface area contributed by atoms with E-state index in [1.165, 1.54) is 7.11 Å². The molecule has 0 bridgehead atoms. The van der Waals surface area contributed by atoms with Gasteiger partial charge in [0.1, 0.15) is 6.04 Å².